The lowest BCUT2D eigenvalue weighted by molar-refractivity contribution is -0.0721. The van der Waals surface area contributed by atoms with E-state index in [1.165, 1.54) is 12.8 Å². The maximum Gasteiger partial charge on any atom is 0.228 e. The van der Waals surface area contributed by atoms with E-state index >= 15 is 0 Å². The largest absolute Gasteiger partial charge is 0.376 e. The quantitative estimate of drug-likeness (QED) is 0.524. The molecule has 2 aliphatic heterocycles. The van der Waals surface area contributed by atoms with Gasteiger partial charge in [-0.05, 0) is 39.0 Å². The van der Waals surface area contributed by atoms with Crippen LogP contribution in [0.15, 0.2) is 9.52 Å². The van der Waals surface area contributed by atoms with Crippen LogP contribution in [0.25, 0.3) is 0 Å². The minimum atomic E-state index is 0.279. The molecule has 0 amide bonds. The van der Waals surface area contributed by atoms with E-state index in [9.17, 15) is 0 Å². The molecule has 0 bridgehead atoms. The summed E-state index contributed by atoms with van der Waals surface area (Å²) >= 11 is 0. The zero-order valence-corrected chi connectivity index (χ0v) is 18.2. The highest BCUT2D eigenvalue weighted by atomic mass is 16.5. The van der Waals surface area contributed by atoms with E-state index in [2.05, 4.69) is 41.1 Å². The van der Waals surface area contributed by atoms with E-state index in [1.807, 2.05) is 0 Å². The van der Waals surface area contributed by atoms with E-state index in [0.29, 0.717) is 31.1 Å². The summed E-state index contributed by atoms with van der Waals surface area (Å²) in [5.74, 6) is 2.66. The summed E-state index contributed by atoms with van der Waals surface area (Å²) in [5, 5.41) is 7.42. The van der Waals surface area contributed by atoms with Crippen molar-refractivity contribution in [3.8, 4) is 0 Å². The van der Waals surface area contributed by atoms with E-state index in [0.717, 1.165) is 63.9 Å². The molecule has 2 saturated heterocycles. The number of hydrogen-bond acceptors (Lipinski definition) is 6. The Bertz CT molecular complexity index is 620. The van der Waals surface area contributed by atoms with E-state index in [1.54, 1.807) is 0 Å². The number of hydrogen-bond donors (Lipinski definition) is 1. The van der Waals surface area contributed by atoms with Crippen molar-refractivity contribution in [2.24, 2.45) is 4.99 Å². The van der Waals surface area contributed by atoms with Gasteiger partial charge in [-0.15, -0.1) is 0 Å². The van der Waals surface area contributed by atoms with Gasteiger partial charge in [-0.1, -0.05) is 19.0 Å². The first-order valence-corrected chi connectivity index (χ1v) is 11.2. The summed E-state index contributed by atoms with van der Waals surface area (Å²) in [7, 11) is 0. The van der Waals surface area contributed by atoms with Crippen LogP contribution in [0.4, 0.5) is 0 Å². The number of rotatable bonds is 8. The van der Waals surface area contributed by atoms with Gasteiger partial charge in [0.2, 0.25) is 5.89 Å². The summed E-state index contributed by atoms with van der Waals surface area (Å²) in [4.78, 5) is 11.5. The molecule has 2 fully saturated rings. The number of aliphatic imine (C=N–C) groups is 1. The molecule has 8 nitrogen and oxygen atoms in total. The fourth-order valence-electron chi connectivity index (χ4n) is 3.70. The Morgan fingerprint density at radius 3 is 2.76 bits per heavy atom. The van der Waals surface area contributed by atoms with E-state index < -0.39 is 0 Å². The molecule has 164 valence electrons. The van der Waals surface area contributed by atoms with Crippen LogP contribution in [0.2, 0.25) is 0 Å². The standard InChI is InChI=1S/C21H37N5O3/c1-4-22-21(23-11-8-19-24-20(16(2)3)25-29-19)26-12-9-17(10-13-26)28-15-18-7-5-6-14-27-18/h16-18H,4-15H2,1-3H3,(H,22,23). The molecule has 0 spiro atoms. The summed E-state index contributed by atoms with van der Waals surface area (Å²) in [5.41, 5.74) is 0. The fraction of sp³-hybridized carbons (Fsp3) is 0.857. The number of nitrogens with one attached hydrogen (secondary N) is 1. The Kier molecular flexibility index (Phi) is 8.73. The van der Waals surface area contributed by atoms with Crippen LogP contribution in [0.3, 0.4) is 0 Å². The second-order valence-corrected chi connectivity index (χ2v) is 8.19. The monoisotopic (exact) mass is 407 g/mol. The molecule has 3 heterocycles. The van der Waals surface area contributed by atoms with Crippen molar-refractivity contribution in [1.82, 2.24) is 20.4 Å². The molecule has 0 aromatic carbocycles. The molecule has 1 atom stereocenters. The van der Waals surface area contributed by atoms with Gasteiger partial charge in [0.05, 0.1) is 25.4 Å². The lowest BCUT2D eigenvalue weighted by atomic mass is 10.1. The summed E-state index contributed by atoms with van der Waals surface area (Å²) in [6.07, 6.45) is 6.92. The molecule has 1 unspecified atom stereocenters. The van der Waals surface area contributed by atoms with Gasteiger partial charge in [-0.25, -0.2) is 0 Å². The molecule has 1 N–H and O–H groups in total. The molecular formula is C21H37N5O3. The van der Waals surface area contributed by atoms with Gasteiger partial charge in [-0.2, -0.15) is 4.98 Å². The number of nitrogens with zero attached hydrogens (tertiary/aromatic N) is 4. The minimum Gasteiger partial charge on any atom is -0.376 e. The van der Waals surface area contributed by atoms with Crippen molar-refractivity contribution in [1.29, 1.82) is 0 Å². The second kappa shape index (κ2) is 11.5. The van der Waals surface area contributed by atoms with Gasteiger partial charge in [-0.3, -0.25) is 4.99 Å². The molecule has 2 aliphatic rings. The summed E-state index contributed by atoms with van der Waals surface area (Å²) in [6, 6.07) is 0. The topological polar surface area (TPSA) is 85.0 Å². The van der Waals surface area contributed by atoms with Crippen LogP contribution in [0, 0.1) is 0 Å². The number of piperidine rings is 1. The van der Waals surface area contributed by atoms with Crippen molar-refractivity contribution < 1.29 is 14.0 Å². The molecule has 0 aliphatic carbocycles. The second-order valence-electron chi connectivity index (χ2n) is 8.19. The van der Waals surface area contributed by atoms with E-state index in [4.69, 9.17) is 19.0 Å². The van der Waals surface area contributed by atoms with Gasteiger partial charge < -0.3 is 24.2 Å². The molecule has 1 aromatic rings. The number of guanidine groups is 1. The Morgan fingerprint density at radius 1 is 1.28 bits per heavy atom. The van der Waals surface area contributed by atoms with Gasteiger partial charge in [0, 0.05) is 38.6 Å². The zero-order chi connectivity index (χ0) is 20.5. The first-order chi connectivity index (χ1) is 14.2. The smallest absolute Gasteiger partial charge is 0.228 e. The van der Waals surface area contributed by atoms with E-state index in [-0.39, 0.29) is 5.92 Å². The van der Waals surface area contributed by atoms with Crippen LogP contribution in [0.5, 0.6) is 0 Å². The van der Waals surface area contributed by atoms with Crippen molar-refractivity contribution >= 4 is 5.96 Å². The Morgan fingerprint density at radius 2 is 2.10 bits per heavy atom. The molecule has 3 rings (SSSR count). The third-order valence-electron chi connectivity index (χ3n) is 5.46. The summed E-state index contributed by atoms with van der Waals surface area (Å²) < 4.78 is 17.2. The van der Waals surface area contributed by atoms with Gasteiger partial charge in [0.1, 0.15) is 0 Å². The molecule has 29 heavy (non-hydrogen) atoms. The predicted octanol–water partition coefficient (Wildman–Crippen LogP) is 2.75. The van der Waals surface area contributed by atoms with Crippen molar-refractivity contribution in [3.05, 3.63) is 11.7 Å². The third kappa shape index (κ3) is 6.96. The molecule has 0 radical (unpaired) electrons. The Balaban J connectivity index is 1.42. The normalized spacial score (nSPS) is 21.7. The van der Waals surface area contributed by atoms with Crippen molar-refractivity contribution in [2.45, 2.75) is 77.4 Å². The average molecular weight is 408 g/mol. The third-order valence-corrected chi connectivity index (χ3v) is 5.46. The lowest BCUT2D eigenvalue weighted by Gasteiger charge is -2.35. The molecular weight excluding hydrogens is 370 g/mol. The highest BCUT2D eigenvalue weighted by Crippen LogP contribution is 2.18. The van der Waals surface area contributed by atoms with Crippen molar-refractivity contribution in [2.75, 3.05) is 39.4 Å². The first kappa shape index (κ1) is 22.0. The SMILES string of the molecule is CCNC(=NCCc1nc(C(C)C)no1)N1CCC(OCC2CCCCO2)CC1. The highest BCUT2D eigenvalue weighted by Gasteiger charge is 2.23. The van der Waals surface area contributed by atoms with Gasteiger partial charge in [0.25, 0.3) is 0 Å². The maximum absolute atomic E-state index is 6.13. The van der Waals surface area contributed by atoms with Gasteiger partial charge in [0.15, 0.2) is 11.8 Å². The Hall–Kier alpha value is -1.67. The number of aromatic nitrogens is 2. The lowest BCUT2D eigenvalue weighted by Crippen LogP contribution is -2.47. The highest BCUT2D eigenvalue weighted by molar-refractivity contribution is 5.80. The fourth-order valence-corrected chi connectivity index (χ4v) is 3.70. The van der Waals surface area contributed by atoms with Gasteiger partial charge >= 0.3 is 0 Å². The molecule has 8 heteroatoms. The Labute approximate surface area is 174 Å². The average Bonchev–Trinajstić information content (AvgIpc) is 3.22. The zero-order valence-electron chi connectivity index (χ0n) is 18.2. The molecule has 0 saturated carbocycles. The van der Waals surface area contributed by atoms with Crippen LogP contribution in [-0.2, 0) is 15.9 Å². The number of likely N-dealkylation sites (tertiary alicyclic amines) is 1. The van der Waals surface area contributed by atoms with Crippen LogP contribution in [-0.4, -0.2) is 72.6 Å². The number of ether oxygens (including phenoxy) is 2. The minimum absolute atomic E-state index is 0.279. The van der Waals surface area contributed by atoms with Crippen LogP contribution in [0.1, 0.15) is 70.5 Å². The van der Waals surface area contributed by atoms with Crippen molar-refractivity contribution in [3.63, 3.8) is 0 Å². The first-order valence-electron chi connectivity index (χ1n) is 11.2. The maximum atomic E-state index is 6.13. The van der Waals surface area contributed by atoms with Crippen LogP contribution < -0.4 is 5.32 Å². The predicted molar refractivity (Wildman–Crippen MR) is 112 cm³/mol. The molecule has 1 aromatic heterocycles. The van der Waals surface area contributed by atoms with Crippen LogP contribution >= 0.6 is 0 Å². The summed E-state index contributed by atoms with van der Waals surface area (Å²) in [6.45, 7) is 11.3.